The zero-order valence-electron chi connectivity index (χ0n) is 9.89. The molecule has 1 rings (SSSR count). The average molecular weight is 238 g/mol. The Labute approximate surface area is 98.6 Å². The van der Waals surface area contributed by atoms with Crippen molar-refractivity contribution in [2.75, 3.05) is 0 Å². The van der Waals surface area contributed by atoms with Crippen LogP contribution < -0.4 is 10.2 Å². The second-order valence-corrected chi connectivity index (χ2v) is 4.39. The number of aromatic hydroxyl groups is 1. The highest BCUT2D eigenvalue weighted by Gasteiger charge is 2.18. The van der Waals surface area contributed by atoms with Crippen molar-refractivity contribution in [3.05, 3.63) is 34.5 Å². The Hall–Kier alpha value is -2.04. The lowest BCUT2D eigenvalue weighted by Crippen LogP contribution is -2.26. The largest absolute Gasteiger partial charge is 0.514 e. The fraction of sp³-hybridized carbons (Fsp3) is 0.333. The van der Waals surface area contributed by atoms with Gasteiger partial charge in [0, 0.05) is 6.07 Å². The summed E-state index contributed by atoms with van der Waals surface area (Å²) >= 11 is 0. The smallest absolute Gasteiger partial charge is 0.508 e. The highest BCUT2D eigenvalue weighted by Crippen LogP contribution is 2.14. The second kappa shape index (κ2) is 4.86. The van der Waals surface area contributed by atoms with Crippen LogP contribution in [0, 0.1) is 0 Å². The van der Waals surface area contributed by atoms with Gasteiger partial charge in [0.1, 0.15) is 11.4 Å². The Balaban J connectivity index is 2.90. The van der Waals surface area contributed by atoms with E-state index in [1.54, 1.807) is 20.8 Å². The molecule has 92 valence electrons. The SMILES string of the molecule is CC(C)(C)OC(=O)Oc1cc(O)cccc1=O. The van der Waals surface area contributed by atoms with Crippen molar-refractivity contribution in [3.63, 3.8) is 0 Å². The highest BCUT2D eigenvalue weighted by atomic mass is 16.7. The molecule has 0 aliphatic heterocycles. The topological polar surface area (TPSA) is 72.8 Å². The molecule has 0 saturated heterocycles. The summed E-state index contributed by atoms with van der Waals surface area (Å²) in [4.78, 5) is 22.8. The molecule has 1 N–H and O–H groups in total. The van der Waals surface area contributed by atoms with E-state index in [0.29, 0.717) is 0 Å². The van der Waals surface area contributed by atoms with Gasteiger partial charge < -0.3 is 14.6 Å². The van der Waals surface area contributed by atoms with Crippen molar-refractivity contribution in [3.8, 4) is 11.5 Å². The average Bonchev–Trinajstić information content (AvgIpc) is 2.26. The number of ether oxygens (including phenoxy) is 2. The fourth-order valence-corrected chi connectivity index (χ4v) is 1.01. The van der Waals surface area contributed by atoms with Gasteiger partial charge in [0.25, 0.3) is 0 Å². The summed E-state index contributed by atoms with van der Waals surface area (Å²) in [5, 5.41) is 9.27. The zero-order chi connectivity index (χ0) is 13.1. The lowest BCUT2D eigenvalue weighted by atomic mass is 10.2. The van der Waals surface area contributed by atoms with Crippen LogP contribution in [0.4, 0.5) is 4.79 Å². The molecule has 5 heteroatoms. The Morgan fingerprint density at radius 1 is 1.29 bits per heavy atom. The maximum absolute atomic E-state index is 11.4. The normalized spacial score (nSPS) is 10.8. The fourth-order valence-electron chi connectivity index (χ4n) is 1.01. The molecule has 0 bridgehead atoms. The predicted molar refractivity (Wildman–Crippen MR) is 61.2 cm³/mol. The van der Waals surface area contributed by atoms with Crippen LogP contribution in [0.5, 0.6) is 11.5 Å². The second-order valence-electron chi connectivity index (χ2n) is 4.39. The van der Waals surface area contributed by atoms with E-state index in [-0.39, 0.29) is 11.5 Å². The number of carbonyl (C=O) groups excluding carboxylic acids is 1. The lowest BCUT2D eigenvalue weighted by Gasteiger charge is -2.18. The van der Waals surface area contributed by atoms with Crippen LogP contribution in [0.1, 0.15) is 20.8 Å². The molecule has 0 spiro atoms. The van der Waals surface area contributed by atoms with E-state index in [2.05, 4.69) is 0 Å². The Bertz CT molecular complexity index is 473. The lowest BCUT2D eigenvalue weighted by molar-refractivity contribution is 0.0204. The molecule has 0 atom stereocenters. The number of hydrogen-bond donors (Lipinski definition) is 1. The first-order chi connectivity index (χ1) is 7.78. The van der Waals surface area contributed by atoms with Crippen LogP contribution in [0.25, 0.3) is 0 Å². The predicted octanol–water partition coefficient (Wildman–Crippen LogP) is 2.07. The summed E-state index contributed by atoms with van der Waals surface area (Å²) in [5.74, 6) is -0.451. The summed E-state index contributed by atoms with van der Waals surface area (Å²) in [5.41, 5.74) is -1.23. The van der Waals surface area contributed by atoms with E-state index in [4.69, 9.17) is 9.47 Å². The molecule has 0 saturated carbocycles. The minimum atomic E-state index is -0.986. The number of hydrogen-bond acceptors (Lipinski definition) is 5. The molecule has 0 aliphatic carbocycles. The molecule has 5 nitrogen and oxygen atoms in total. The van der Waals surface area contributed by atoms with Gasteiger partial charge in [-0.2, -0.15) is 0 Å². The van der Waals surface area contributed by atoms with Gasteiger partial charge in [0.05, 0.1) is 0 Å². The van der Waals surface area contributed by atoms with E-state index in [1.165, 1.54) is 18.2 Å². The van der Waals surface area contributed by atoms with E-state index in [1.807, 2.05) is 0 Å². The molecule has 0 fully saturated rings. The molecular formula is C12H14O5. The maximum Gasteiger partial charge on any atom is 0.514 e. The minimum Gasteiger partial charge on any atom is -0.508 e. The molecule has 0 aromatic heterocycles. The van der Waals surface area contributed by atoms with E-state index in [0.717, 1.165) is 6.07 Å². The van der Waals surface area contributed by atoms with Crippen LogP contribution >= 0.6 is 0 Å². The van der Waals surface area contributed by atoms with Gasteiger partial charge in [0.15, 0.2) is 5.75 Å². The molecule has 1 aromatic carbocycles. The number of carbonyl (C=O) groups is 1. The molecule has 0 amide bonds. The van der Waals surface area contributed by atoms with Crippen LogP contribution in [0.3, 0.4) is 0 Å². The van der Waals surface area contributed by atoms with Crippen LogP contribution in [0.2, 0.25) is 0 Å². The van der Waals surface area contributed by atoms with Gasteiger partial charge in [-0.05, 0) is 32.9 Å². The van der Waals surface area contributed by atoms with E-state index in [9.17, 15) is 14.7 Å². The van der Waals surface area contributed by atoms with Gasteiger partial charge in [-0.1, -0.05) is 6.07 Å². The monoisotopic (exact) mass is 238 g/mol. The highest BCUT2D eigenvalue weighted by molar-refractivity contribution is 5.64. The summed E-state index contributed by atoms with van der Waals surface area (Å²) in [6, 6.07) is 4.91. The summed E-state index contributed by atoms with van der Waals surface area (Å²) in [6.07, 6.45) is -0.986. The Morgan fingerprint density at radius 3 is 2.53 bits per heavy atom. The first kappa shape index (κ1) is 13.0. The first-order valence-electron chi connectivity index (χ1n) is 5.02. The summed E-state index contributed by atoms with van der Waals surface area (Å²) in [6.45, 7) is 5.03. The van der Waals surface area contributed by atoms with Crippen LogP contribution in [0.15, 0.2) is 29.1 Å². The Kier molecular flexibility index (Phi) is 3.73. The molecule has 0 aliphatic rings. The third-order valence-corrected chi connectivity index (χ3v) is 1.62. The maximum atomic E-state index is 11.4. The third-order valence-electron chi connectivity index (χ3n) is 1.62. The standard InChI is InChI=1S/C12H14O5/c1-12(2,3)17-11(15)16-10-7-8(13)5-4-6-9(10)14/h4-7,13H,1-3H3. The van der Waals surface area contributed by atoms with Gasteiger partial charge in [-0.25, -0.2) is 4.79 Å². The molecule has 0 radical (unpaired) electrons. The van der Waals surface area contributed by atoms with Gasteiger partial charge in [-0.15, -0.1) is 0 Å². The van der Waals surface area contributed by atoms with Gasteiger partial charge in [-0.3, -0.25) is 4.79 Å². The first-order valence-corrected chi connectivity index (χ1v) is 5.02. The Morgan fingerprint density at radius 2 is 1.94 bits per heavy atom. The summed E-state index contributed by atoms with van der Waals surface area (Å²) < 4.78 is 9.61. The van der Waals surface area contributed by atoms with E-state index >= 15 is 0 Å². The van der Waals surface area contributed by atoms with E-state index < -0.39 is 17.2 Å². The van der Waals surface area contributed by atoms with Gasteiger partial charge >= 0.3 is 6.16 Å². The molecule has 0 heterocycles. The molecular weight excluding hydrogens is 224 g/mol. The third kappa shape index (κ3) is 4.55. The molecule has 0 unspecified atom stereocenters. The van der Waals surface area contributed by atoms with Crippen molar-refractivity contribution < 1.29 is 19.4 Å². The van der Waals surface area contributed by atoms with Crippen LogP contribution in [-0.2, 0) is 4.74 Å². The number of rotatable bonds is 1. The molecule has 1 aromatic rings. The zero-order valence-corrected chi connectivity index (χ0v) is 9.89. The van der Waals surface area contributed by atoms with Crippen molar-refractivity contribution in [2.45, 2.75) is 26.4 Å². The minimum absolute atomic E-state index is 0.175. The molecule has 17 heavy (non-hydrogen) atoms. The quantitative estimate of drug-likeness (QED) is 0.758. The van der Waals surface area contributed by atoms with Crippen molar-refractivity contribution in [2.24, 2.45) is 0 Å². The van der Waals surface area contributed by atoms with Gasteiger partial charge in [0.2, 0.25) is 5.43 Å². The van der Waals surface area contributed by atoms with Crippen LogP contribution in [-0.4, -0.2) is 16.9 Å². The van der Waals surface area contributed by atoms with Crippen molar-refractivity contribution in [1.82, 2.24) is 0 Å². The van der Waals surface area contributed by atoms with Crippen molar-refractivity contribution in [1.29, 1.82) is 0 Å². The van der Waals surface area contributed by atoms with Crippen molar-refractivity contribution >= 4 is 6.16 Å². The summed E-state index contributed by atoms with van der Waals surface area (Å²) in [7, 11) is 0.